The summed E-state index contributed by atoms with van der Waals surface area (Å²) < 4.78 is 13.3. The summed E-state index contributed by atoms with van der Waals surface area (Å²) in [6.07, 6.45) is 8.42. The summed E-state index contributed by atoms with van der Waals surface area (Å²) in [6.45, 7) is 7.65. The van der Waals surface area contributed by atoms with Crippen LogP contribution in [0.5, 0.6) is 0 Å². The Morgan fingerprint density at radius 3 is 2.94 bits per heavy atom. The third kappa shape index (κ3) is 4.31. The van der Waals surface area contributed by atoms with E-state index in [0.717, 1.165) is 18.5 Å². The Balaban J connectivity index is 2.45. The number of rotatable bonds is 4. The van der Waals surface area contributed by atoms with Gasteiger partial charge in [0.2, 0.25) is 0 Å². The van der Waals surface area contributed by atoms with E-state index in [1.54, 1.807) is 0 Å². The second kappa shape index (κ2) is 6.64. The van der Waals surface area contributed by atoms with E-state index < -0.39 is 0 Å². The van der Waals surface area contributed by atoms with E-state index in [1.807, 2.05) is 13.0 Å². The lowest BCUT2D eigenvalue weighted by molar-refractivity contribution is 0.211. The second-order valence-electron chi connectivity index (χ2n) is 4.64. The zero-order valence-corrected chi connectivity index (χ0v) is 10.4. The van der Waals surface area contributed by atoms with Gasteiger partial charge in [-0.15, -0.1) is 0 Å². The monoisotopic (exact) mass is 223 g/mol. The highest BCUT2D eigenvalue weighted by atomic mass is 19.1. The Hall–Kier alpha value is -0.890. The van der Waals surface area contributed by atoms with Gasteiger partial charge in [-0.25, -0.2) is 4.39 Å². The third-order valence-corrected chi connectivity index (χ3v) is 3.12. The normalized spacial score (nSPS) is 24.6. The topological polar surface area (TPSA) is 3.24 Å². The highest BCUT2D eigenvalue weighted by Crippen LogP contribution is 2.21. The molecule has 0 radical (unpaired) electrons. The van der Waals surface area contributed by atoms with E-state index in [4.69, 9.17) is 0 Å². The molecule has 1 fully saturated rings. The van der Waals surface area contributed by atoms with E-state index in [9.17, 15) is 4.39 Å². The predicted octanol–water partition coefficient (Wildman–Crippen LogP) is 3.70. The zero-order valence-electron chi connectivity index (χ0n) is 10.4. The maximum absolute atomic E-state index is 13.3. The Morgan fingerprint density at radius 1 is 1.56 bits per heavy atom. The van der Waals surface area contributed by atoms with E-state index >= 15 is 0 Å². The van der Waals surface area contributed by atoms with Gasteiger partial charge >= 0.3 is 0 Å². The maximum Gasteiger partial charge on any atom is 0.125 e. The Kier molecular flexibility index (Phi) is 5.47. The van der Waals surface area contributed by atoms with Crippen LogP contribution in [0.1, 0.15) is 26.2 Å². The van der Waals surface area contributed by atoms with Crippen LogP contribution in [-0.4, -0.2) is 25.0 Å². The van der Waals surface area contributed by atoms with Crippen LogP contribution in [0.3, 0.4) is 0 Å². The minimum absolute atomic E-state index is 0.167. The molecule has 0 spiro atoms. The van der Waals surface area contributed by atoms with Gasteiger partial charge in [0.05, 0.1) is 0 Å². The van der Waals surface area contributed by atoms with Crippen LogP contribution < -0.4 is 0 Å². The van der Waals surface area contributed by atoms with Crippen molar-refractivity contribution in [1.29, 1.82) is 0 Å². The zero-order chi connectivity index (χ0) is 12.0. The molecule has 0 unspecified atom stereocenters. The highest BCUT2D eigenvalue weighted by Gasteiger charge is 2.15. The Morgan fingerprint density at radius 2 is 2.31 bits per heavy atom. The summed E-state index contributed by atoms with van der Waals surface area (Å²) in [7, 11) is 2.15. The van der Waals surface area contributed by atoms with Gasteiger partial charge in [-0.3, -0.25) is 0 Å². The average Bonchev–Trinajstić information content (AvgIpc) is 2.26. The SMILES string of the molecule is C=C/C=C(F)\C(C)=C/C[C@H]1CCCN(C)C1. The maximum atomic E-state index is 13.3. The summed E-state index contributed by atoms with van der Waals surface area (Å²) in [6, 6.07) is 0. The molecule has 0 aliphatic carbocycles. The van der Waals surface area contributed by atoms with Crippen LogP contribution >= 0.6 is 0 Å². The molecule has 0 amide bonds. The fourth-order valence-corrected chi connectivity index (χ4v) is 2.14. The molecule has 1 saturated heterocycles. The van der Waals surface area contributed by atoms with Crippen molar-refractivity contribution in [2.24, 2.45) is 5.92 Å². The lowest BCUT2D eigenvalue weighted by atomic mass is 9.94. The fourth-order valence-electron chi connectivity index (χ4n) is 2.14. The Labute approximate surface area is 98.3 Å². The van der Waals surface area contributed by atoms with E-state index in [0.29, 0.717) is 5.92 Å². The largest absolute Gasteiger partial charge is 0.306 e. The molecular weight excluding hydrogens is 201 g/mol. The second-order valence-corrected chi connectivity index (χ2v) is 4.64. The number of piperidine rings is 1. The highest BCUT2D eigenvalue weighted by molar-refractivity contribution is 5.25. The quantitative estimate of drug-likeness (QED) is 0.657. The molecule has 0 aromatic carbocycles. The van der Waals surface area contributed by atoms with Gasteiger partial charge in [-0.1, -0.05) is 18.7 Å². The van der Waals surface area contributed by atoms with Gasteiger partial charge in [0.25, 0.3) is 0 Å². The first-order valence-corrected chi connectivity index (χ1v) is 5.97. The molecule has 1 heterocycles. The first-order chi connectivity index (χ1) is 7.63. The number of allylic oxidation sites excluding steroid dienone is 5. The van der Waals surface area contributed by atoms with Crippen molar-refractivity contribution < 1.29 is 4.39 Å². The Bertz CT molecular complexity index is 291. The molecule has 1 nitrogen and oxygen atoms in total. The van der Waals surface area contributed by atoms with Crippen molar-refractivity contribution in [2.45, 2.75) is 26.2 Å². The molecule has 0 N–H and O–H groups in total. The fraction of sp³-hybridized carbons (Fsp3) is 0.571. The molecule has 1 rings (SSSR count). The van der Waals surface area contributed by atoms with Crippen LogP contribution in [-0.2, 0) is 0 Å². The van der Waals surface area contributed by atoms with Gasteiger partial charge in [0.15, 0.2) is 0 Å². The minimum atomic E-state index is -0.167. The lowest BCUT2D eigenvalue weighted by Gasteiger charge is -2.29. The first kappa shape index (κ1) is 13.2. The van der Waals surface area contributed by atoms with Crippen molar-refractivity contribution in [3.05, 3.63) is 36.2 Å². The first-order valence-electron chi connectivity index (χ1n) is 5.97. The van der Waals surface area contributed by atoms with Crippen molar-refractivity contribution in [2.75, 3.05) is 20.1 Å². The molecule has 1 atom stereocenters. The molecule has 90 valence electrons. The summed E-state index contributed by atoms with van der Waals surface area (Å²) in [4.78, 5) is 2.35. The van der Waals surface area contributed by atoms with Gasteiger partial charge in [0, 0.05) is 6.54 Å². The van der Waals surface area contributed by atoms with Crippen LogP contribution in [0.25, 0.3) is 0 Å². The molecule has 0 aromatic heterocycles. The number of hydrogen-bond donors (Lipinski definition) is 0. The van der Waals surface area contributed by atoms with Gasteiger partial charge < -0.3 is 4.90 Å². The molecular formula is C14H22FN. The average molecular weight is 223 g/mol. The minimum Gasteiger partial charge on any atom is -0.306 e. The summed E-state index contributed by atoms with van der Waals surface area (Å²) in [5.41, 5.74) is 0.730. The van der Waals surface area contributed by atoms with Gasteiger partial charge in [-0.2, -0.15) is 0 Å². The molecule has 0 bridgehead atoms. The van der Waals surface area contributed by atoms with Crippen LogP contribution in [0.2, 0.25) is 0 Å². The van der Waals surface area contributed by atoms with Crippen molar-refractivity contribution in [1.82, 2.24) is 4.90 Å². The van der Waals surface area contributed by atoms with Crippen LogP contribution in [0, 0.1) is 5.92 Å². The van der Waals surface area contributed by atoms with Gasteiger partial charge in [-0.05, 0) is 57.3 Å². The smallest absolute Gasteiger partial charge is 0.125 e. The molecule has 2 heteroatoms. The van der Waals surface area contributed by atoms with Crippen LogP contribution in [0.4, 0.5) is 4.39 Å². The molecule has 0 aromatic rings. The van der Waals surface area contributed by atoms with Crippen molar-refractivity contribution >= 4 is 0 Å². The third-order valence-electron chi connectivity index (χ3n) is 3.12. The summed E-state index contributed by atoms with van der Waals surface area (Å²) >= 11 is 0. The van der Waals surface area contributed by atoms with E-state index in [1.165, 1.54) is 31.5 Å². The number of likely N-dealkylation sites (tertiary alicyclic amines) is 1. The lowest BCUT2D eigenvalue weighted by Crippen LogP contribution is -2.31. The number of nitrogens with zero attached hydrogens (tertiary/aromatic N) is 1. The molecule has 1 aliphatic heterocycles. The van der Waals surface area contributed by atoms with Crippen LogP contribution in [0.15, 0.2) is 36.2 Å². The molecule has 1 aliphatic rings. The number of halogens is 1. The summed E-state index contributed by atoms with van der Waals surface area (Å²) in [5, 5.41) is 0. The number of hydrogen-bond acceptors (Lipinski definition) is 1. The standard InChI is InChI=1S/C14H22FN/c1-4-6-14(15)12(2)8-9-13-7-5-10-16(3)11-13/h4,6,8,13H,1,5,7,9-11H2,2-3H3/b12-8-,14-6+/t13-/m1/s1. The summed E-state index contributed by atoms with van der Waals surface area (Å²) in [5.74, 6) is 0.518. The van der Waals surface area contributed by atoms with Gasteiger partial charge in [0.1, 0.15) is 5.83 Å². The van der Waals surface area contributed by atoms with E-state index in [2.05, 4.69) is 18.5 Å². The molecule has 16 heavy (non-hydrogen) atoms. The van der Waals surface area contributed by atoms with Crippen molar-refractivity contribution in [3.63, 3.8) is 0 Å². The van der Waals surface area contributed by atoms with E-state index in [-0.39, 0.29) is 5.83 Å². The molecule has 0 saturated carbocycles. The predicted molar refractivity (Wildman–Crippen MR) is 68.0 cm³/mol. The van der Waals surface area contributed by atoms with Crippen molar-refractivity contribution in [3.8, 4) is 0 Å².